The summed E-state index contributed by atoms with van der Waals surface area (Å²) < 4.78 is 15.5. The smallest absolute Gasteiger partial charge is 0.252 e. The van der Waals surface area contributed by atoms with Gasteiger partial charge >= 0.3 is 0 Å². The zero-order chi connectivity index (χ0) is 23.7. The SMILES string of the molecule is [C-]#[N+]c1ccc(CC(=O)N2Cc3c(C(N)=O)c(-c4cccc(Cl)c4)nn3C(CO)C2)cc1F. The Hall–Kier alpha value is -3.74. The van der Waals surface area contributed by atoms with Crippen molar-refractivity contribution in [3.63, 3.8) is 0 Å². The Bertz CT molecular complexity index is 1300. The number of nitrogens with two attached hydrogens (primary N) is 1. The summed E-state index contributed by atoms with van der Waals surface area (Å²) in [7, 11) is 0. The average molecular weight is 468 g/mol. The van der Waals surface area contributed by atoms with Gasteiger partial charge in [0.25, 0.3) is 5.91 Å². The predicted molar refractivity (Wildman–Crippen MR) is 119 cm³/mol. The Kier molecular flexibility index (Phi) is 6.14. The van der Waals surface area contributed by atoms with Crippen LogP contribution >= 0.6 is 11.6 Å². The third-order valence-corrected chi connectivity index (χ3v) is 5.76. The molecule has 1 aromatic heterocycles. The first-order valence-corrected chi connectivity index (χ1v) is 10.4. The molecule has 3 aromatic rings. The number of aromatic nitrogens is 2. The normalized spacial score (nSPS) is 15.1. The fraction of sp³-hybridized carbons (Fsp3) is 0.217. The molecule has 33 heavy (non-hydrogen) atoms. The molecule has 1 atom stereocenters. The molecule has 3 N–H and O–H groups in total. The van der Waals surface area contributed by atoms with Gasteiger partial charge in [-0.25, -0.2) is 9.24 Å². The van der Waals surface area contributed by atoms with E-state index < -0.39 is 17.8 Å². The van der Waals surface area contributed by atoms with Crippen LogP contribution in [0.5, 0.6) is 0 Å². The van der Waals surface area contributed by atoms with Gasteiger partial charge < -0.3 is 15.7 Å². The number of nitrogens with zero attached hydrogens (tertiary/aromatic N) is 4. The maximum absolute atomic E-state index is 13.9. The molecule has 0 spiro atoms. The quantitative estimate of drug-likeness (QED) is 0.562. The second kappa shape index (κ2) is 9.02. The molecule has 4 rings (SSSR count). The molecule has 0 radical (unpaired) electrons. The maximum Gasteiger partial charge on any atom is 0.252 e. The summed E-state index contributed by atoms with van der Waals surface area (Å²) in [4.78, 5) is 29.9. The number of fused-ring (bicyclic) bond motifs is 1. The summed E-state index contributed by atoms with van der Waals surface area (Å²) in [5.74, 6) is -1.73. The molecule has 168 valence electrons. The number of aliphatic hydroxyl groups excluding tert-OH is 1. The predicted octanol–water partition coefficient (Wildman–Crippen LogP) is 3.11. The average Bonchev–Trinajstić information content (AvgIpc) is 3.18. The van der Waals surface area contributed by atoms with Crippen LogP contribution in [0.15, 0.2) is 42.5 Å². The van der Waals surface area contributed by atoms with Gasteiger partial charge in [0.15, 0.2) is 0 Å². The first kappa shape index (κ1) is 22.5. The van der Waals surface area contributed by atoms with E-state index in [1.165, 1.54) is 21.7 Å². The van der Waals surface area contributed by atoms with Crippen molar-refractivity contribution in [2.45, 2.75) is 19.0 Å². The van der Waals surface area contributed by atoms with E-state index in [-0.39, 0.29) is 43.3 Å². The fourth-order valence-electron chi connectivity index (χ4n) is 3.96. The van der Waals surface area contributed by atoms with Gasteiger partial charge in [-0.1, -0.05) is 35.9 Å². The molecule has 1 aliphatic heterocycles. The van der Waals surface area contributed by atoms with E-state index in [4.69, 9.17) is 23.9 Å². The monoisotopic (exact) mass is 467 g/mol. The number of amides is 2. The first-order valence-electron chi connectivity index (χ1n) is 10.0. The zero-order valence-corrected chi connectivity index (χ0v) is 18.1. The third-order valence-electron chi connectivity index (χ3n) is 5.52. The van der Waals surface area contributed by atoms with Crippen LogP contribution in [-0.4, -0.2) is 44.8 Å². The highest BCUT2D eigenvalue weighted by Crippen LogP contribution is 2.32. The number of rotatable bonds is 5. The molecule has 2 aromatic carbocycles. The van der Waals surface area contributed by atoms with Gasteiger partial charge in [0.2, 0.25) is 11.6 Å². The van der Waals surface area contributed by atoms with E-state index in [0.717, 1.165) is 6.07 Å². The van der Waals surface area contributed by atoms with Crippen LogP contribution in [0.3, 0.4) is 0 Å². The fourth-order valence-corrected chi connectivity index (χ4v) is 4.15. The number of benzene rings is 2. The van der Waals surface area contributed by atoms with Gasteiger partial charge in [-0.2, -0.15) is 5.10 Å². The number of hydrogen-bond acceptors (Lipinski definition) is 4. The Morgan fingerprint density at radius 1 is 1.30 bits per heavy atom. The van der Waals surface area contributed by atoms with Crippen molar-refractivity contribution in [3.8, 4) is 11.3 Å². The summed E-state index contributed by atoms with van der Waals surface area (Å²) in [6.07, 6.45) is -0.103. The van der Waals surface area contributed by atoms with Crippen LogP contribution in [0, 0.1) is 12.4 Å². The summed E-state index contributed by atoms with van der Waals surface area (Å²) in [6.45, 7) is 6.81. The minimum atomic E-state index is -0.714. The molecule has 10 heteroatoms. The molecule has 0 aliphatic carbocycles. The summed E-state index contributed by atoms with van der Waals surface area (Å²) in [5.41, 5.74) is 7.45. The minimum absolute atomic E-state index is 0.0454. The highest BCUT2D eigenvalue weighted by atomic mass is 35.5. The Morgan fingerprint density at radius 3 is 2.73 bits per heavy atom. The lowest BCUT2D eigenvalue weighted by molar-refractivity contribution is -0.132. The molecule has 2 amide bonds. The highest BCUT2D eigenvalue weighted by Gasteiger charge is 2.34. The van der Waals surface area contributed by atoms with Crippen LogP contribution < -0.4 is 5.73 Å². The molecule has 1 unspecified atom stereocenters. The molecular formula is C23H19ClFN5O3. The van der Waals surface area contributed by atoms with Gasteiger partial charge in [0, 0.05) is 17.1 Å². The van der Waals surface area contributed by atoms with E-state index in [1.807, 2.05) is 0 Å². The number of hydrogen-bond donors (Lipinski definition) is 2. The van der Waals surface area contributed by atoms with Crippen LogP contribution in [-0.2, 0) is 17.8 Å². The van der Waals surface area contributed by atoms with Crippen molar-refractivity contribution in [1.29, 1.82) is 0 Å². The first-order chi connectivity index (χ1) is 15.8. The molecule has 1 aliphatic rings. The lowest BCUT2D eigenvalue weighted by Gasteiger charge is -2.33. The molecule has 8 nitrogen and oxygen atoms in total. The summed E-state index contributed by atoms with van der Waals surface area (Å²) in [6, 6.07) is 10.2. The van der Waals surface area contributed by atoms with Gasteiger partial charge in [-0.05, 0) is 23.8 Å². The maximum atomic E-state index is 13.9. The second-order valence-electron chi connectivity index (χ2n) is 7.67. The topological polar surface area (TPSA) is 106 Å². The summed E-state index contributed by atoms with van der Waals surface area (Å²) >= 11 is 6.09. The van der Waals surface area contributed by atoms with Crippen molar-refractivity contribution in [2.24, 2.45) is 5.73 Å². The Balaban J connectivity index is 1.68. The molecule has 0 saturated heterocycles. The molecule has 0 fully saturated rings. The summed E-state index contributed by atoms with van der Waals surface area (Å²) in [5, 5.41) is 14.9. The zero-order valence-electron chi connectivity index (χ0n) is 17.3. The molecule has 0 bridgehead atoms. The number of carbonyl (C=O) groups excluding carboxylic acids is 2. The standard InChI is InChI=1S/C23H19ClFN5O3/c1-27-18-6-5-13(7-17(18)25)8-20(32)29-10-16(12-31)30-19(11-29)21(23(26)33)22(28-30)14-3-2-4-15(24)9-14/h2-7,9,16,31H,8,10-12H2,(H2,26,33). The lowest BCUT2D eigenvalue weighted by atomic mass is 10.0. The van der Waals surface area contributed by atoms with Gasteiger partial charge in [0.1, 0.15) is 11.5 Å². The molecule has 0 saturated carbocycles. The van der Waals surface area contributed by atoms with Gasteiger partial charge in [-0.3, -0.25) is 14.3 Å². The van der Waals surface area contributed by atoms with E-state index in [2.05, 4.69) is 9.94 Å². The van der Waals surface area contributed by atoms with E-state index in [1.54, 1.807) is 24.3 Å². The Morgan fingerprint density at radius 2 is 2.09 bits per heavy atom. The Labute approximate surface area is 193 Å². The van der Waals surface area contributed by atoms with Crippen molar-refractivity contribution in [1.82, 2.24) is 14.7 Å². The highest BCUT2D eigenvalue weighted by molar-refractivity contribution is 6.30. The van der Waals surface area contributed by atoms with Crippen molar-refractivity contribution in [2.75, 3.05) is 13.2 Å². The van der Waals surface area contributed by atoms with Crippen LogP contribution in [0.1, 0.15) is 27.7 Å². The van der Waals surface area contributed by atoms with E-state index in [9.17, 15) is 19.1 Å². The number of primary amides is 1. The lowest BCUT2D eigenvalue weighted by Crippen LogP contribution is -2.43. The number of carbonyl (C=O) groups is 2. The van der Waals surface area contributed by atoms with Crippen LogP contribution in [0.4, 0.5) is 10.1 Å². The van der Waals surface area contributed by atoms with E-state index >= 15 is 0 Å². The molecule has 2 heterocycles. The van der Waals surface area contributed by atoms with Crippen LogP contribution in [0.2, 0.25) is 5.02 Å². The molecular weight excluding hydrogens is 449 g/mol. The van der Waals surface area contributed by atoms with Gasteiger partial charge in [-0.15, -0.1) is 0 Å². The van der Waals surface area contributed by atoms with Crippen molar-refractivity contribution >= 4 is 29.1 Å². The van der Waals surface area contributed by atoms with E-state index in [0.29, 0.717) is 27.5 Å². The van der Waals surface area contributed by atoms with Crippen molar-refractivity contribution in [3.05, 3.63) is 81.5 Å². The largest absolute Gasteiger partial charge is 0.394 e. The third kappa shape index (κ3) is 4.31. The second-order valence-corrected chi connectivity index (χ2v) is 8.11. The van der Waals surface area contributed by atoms with Crippen LogP contribution in [0.25, 0.3) is 16.1 Å². The minimum Gasteiger partial charge on any atom is -0.394 e. The number of aliphatic hydroxyl groups is 1. The van der Waals surface area contributed by atoms with Crippen molar-refractivity contribution < 1.29 is 19.1 Å². The van der Waals surface area contributed by atoms with Gasteiger partial charge in [0.05, 0.1) is 43.4 Å². The number of halogens is 2.